The summed E-state index contributed by atoms with van der Waals surface area (Å²) in [6, 6.07) is 5.24. The van der Waals surface area contributed by atoms with Gasteiger partial charge in [-0.2, -0.15) is 0 Å². The minimum atomic E-state index is -0.0429. The first-order valence-corrected chi connectivity index (χ1v) is 7.94. The van der Waals surface area contributed by atoms with Gasteiger partial charge in [0.1, 0.15) is 0 Å². The second-order valence-corrected chi connectivity index (χ2v) is 6.49. The summed E-state index contributed by atoms with van der Waals surface area (Å²) in [5.74, 6) is 0.426. The Hall–Kier alpha value is -0.520. The Balaban J connectivity index is 0.00000242. The lowest BCUT2D eigenvalue weighted by atomic mass is 9.92. The third kappa shape index (κ3) is 5.60. The van der Waals surface area contributed by atoms with E-state index in [1.165, 1.54) is 0 Å². The Bertz CT molecular complexity index is 511. The summed E-state index contributed by atoms with van der Waals surface area (Å²) in [6.07, 6.45) is 2.23. The second-order valence-electron chi connectivity index (χ2n) is 5.67. The summed E-state index contributed by atoms with van der Waals surface area (Å²) < 4.78 is 0. The van der Waals surface area contributed by atoms with Gasteiger partial charge in [0, 0.05) is 18.3 Å². The van der Waals surface area contributed by atoms with Crippen LogP contribution in [0.4, 0.5) is 5.69 Å². The van der Waals surface area contributed by atoms with Gasteiger partial charge in [-0.1, -0.05) is 23.2 Å². The van der Waals surface area contributed by atoms with E-state index in [1.54, 1.807) is 18.2 Å². The molecular weight excluding hydrogens is 345 g/mol. The zero-order valence-corrected chi connectivity index (χ0v) is 14.8. The molecule has 2 atom stereocenters. The molecule has 1 amide bonds. The van der Waals surface area contributed by atoms with Crippen molar-refractivity contribution in [2.45, 2.75) is 25.8 Å². The monoisotopic (exact) mass is 365 g/mol. The number of halogens is 3. The van der Waals surface area contributed by atoms with Crippen molar-refractivity contribution in [2.24, 2.45) is 11.7 Å². The maximum Gasteiger partial charge on any atom is 0.238 e. The number of hydrogen-bond donors (Lipinski definition) is 2. The van der Waals surface area contributed by atoms with Crippen molar-refractivity contribution >= 4 is 47.2 Å². The summed E-state index contributed by atoms with van der Waals surface area (Å²) in [5.41, 5.74) is 6.62. The van der Waals surface area contributed by atoms with E-state index in [4.69, 9.17) is 28.9 Å². The van der Waals surface area contributed by atoms with Crippen LogP contribution in [0.15, 0.2) is 18.2 Å². The van der Waals surface area contributed by atoms with E-state index in [1.807, 2.05) is 6.92 Å². The smallest absolute Gasteiger partial charge is 0.238 e. The summed E-state index contributed by atoms with van der Waals surface area (Å²) in [5, 5.41) is 3.76. The Morgan fingerprint density at radius 2 is 2.18 bits per heavy atom. The largest absolute Gasteiger partial charge is 0.328 e. The van der Waals surface area contributed by atoms with Crippen LogP contribution >= 0.6 is 35.6 Å². The third-order valence-corrected chi connectivity index (χ3v) is 4.60. The fourth-order valence-corrected chi connectivity index (χ4v) is 2.94. The molecule has 4 nitrogen and oxygen atoms in total. The molecule has 124 valence electrons. The number of nitrogens with zero attached hydrogens (tertiary/aromatic N) is 1. The number of nitrogens with two attached hydrogens (primary N) is 1. The highest BCUT2D eigenvalue weighted by atomic mass is 35.5. The molecule has 2 rings (SSSR count). The number of amides is 1. The zero-order chi connectivity index (χ0) is 15.4. The Kier molecular flexibility index (Phi) is 7.94. The first-order valence-electron chi connectivity index (χ1n) is 7.18. The van der Waals surface area contributed by atoms with E-state index < -0.39 is 0 Å². The number of carbonyl (C=O) groups is 1. The van der Waals surface area contributed by atoms with Crippen LogP contribution in [-0.2, 0) is 4.79 Å². The Labute approximate surface area is 147 Å². The lowest BCUT2D eigenvalue weighted by Gasteiger charge is -2.34. The van der Waals surface area contributed by atoms with E-state index in [0.717, 1.165) is 25.9 Å². The van der Waals surface area contributed by atoms with Crippen LogP contribution in [-0.4, -0.2) is 36.5 Å². The van der Waals surface area contributed by atoms with Crippen LogP contribution in [0.2, 0.25) is 10.0 Å². The lowest BCUT2D eigenvalue weighted by Crippen LogP contribution is -2.45. The molecule has 3 N–H and O–H groups in total. The van der Waals surface area contributed by atoms with Gasteiger partial charge in [0.2, 0.25) is 5.91 Å². The molecule has 1 aliphatic rings. The molecule has 0 bridgehead atoms. The molecule has 1 heterocycles. The molecule has 0 aromatic heterocycles. The number of nitrogens with one attached hydrogen (secondary N) is 1. The predicted molar refractivity (Wildman–Crippen MR) is 95.2 cm³/mol. The van der Waals surface area contributed by atoms with Gasteiger partial charge in [0.25, 0.3) is 0 Å². The quantitative estimate of drug-likeness (QED) is 0.858. The molecule has 1 aromatic rings. The summed E-state index contributed by atoms with van der Waals surface area (Å²) >= 11 is 11.8. The second kappa shape index (κ2) is 8.94. The van der Waals surface area contributed by atoms with Crippen LogP contribution in [0.5, 0.6) is 0 Å². The highest BCUT2D eigenvalue weighted by molar-refractivity contribution is 6.42. The molecule has 1 saturated heterocycles. The van der Waals surface area contributed by atoms with Gasteiger partial charge < -0.3 is 11.1 Å². The van der Waals surface area contributed by atoms with Crippen LogP contribution in [0.3, 0.4) is 0 Å². The van der Waals surface area contributed by atoms with Crippen LogP contribution in [0.1, 0.15) is 19.8 Å². The average Bonchev–Trinajstić information content (AvgIpc) is 2.43. The molecule has 0 saturated carbocycles. The summed E-state index contributed by atoms with van der Waals surface area (Å²) in [7, 11) is 0. The first-order chi connectivity index (χ1) is 9.95. The highest BCUT2D eigenvalue weighted by Gasteiger charge is 2.23. The average molecular weight is 367 g/mol. The van der Waals surface area contributed by atoms with Gasteiger partial charge in [0.15, 0.2) is 0 Å². The summed E-state index contributed by atoms with van der Waals surface area (Å²) in [6.45, 7) is 4.23. The van der Waals surface area contributed by atoms with Gasteiger partial charge >= 0.3 is 0 Å². The Morgan fingerprint density at radius 1 is 1.45 bits per heavy atom. The number of likely N-dealkylation sites (tertiary alicyclic amines) is 1. The van der Waals surface area contributed by atoms with Gasteiger partial charge in [-0.05, 0) is 50.4 Å². The topological polar surface area (TPSA) is 58.4 Å². The molecule has 22 heavy (non-hydrogen) atoms. The number of anilines is 1. The lowest BCUT2D eigenvalue weighted by molar-refractivity contribution is -0.117. The summed E-state index contributed by atoms with van der Waals surface area (Å²) in [4.78, 5) is 14.3. The highest BCUT2D eigenvalue weighted by Crippen LogP contribution is 2.25. The predicted octanol–water partition coefficient (Wildman–Crippen LogP) is 3.41. The molecule has 7 heteroatoms. The van der Waals surface area contributed by atoms with E-state index in [-0.39, 0.29) is 24.4 Å². The first kappa shape index (κ1) is 19.5. The standard InChI is InChI=1S/C15H21Cl2N3O.ClH/c1-10(18)11-3-2-6-20(8-11)9-15(21)19-12-4-5-13(16)14(17)7-12;/h4-5,7,10-11H,2-3,6,8-9,18H2,1H3,(H,19,21);1H. The van der Waals surface area contributed by atoms with E-state index >= 15 is 0 Å². The molecular formula is C15H22Cl3N3O. The van der Waals surface area contributed by atoms with Crippen molar-refractivity contribution in [3.63, 3.8) is 0 Å². The number of benzene rings is 1. The van der Waals surface area contributed by atoms with Gasteiger partial charge in [-0.3, -0.25) is 9.69 Å². The minimum absolute atomic E-state index is 0. The molecule has 1 fully saturated rings. The maximum absolute atomic E-state index is 12.1. The van der Waals surface area contributed by atoms with Crippen molar-refractivity contribution in [1.82, 2.24) is 4.90 Å². The fourth-order valence-electron chi connectivity index (χ4n) is 2.64. The molecule has 0 radical (unpaired) electrons. The van der Waals surface area contributed by atoms with Gasteiger partial charge in [-0.15, -0.1) is 12.4 Å². The van der Waals surface area contributed by atoms with Crippen molar-refractivity contribution < 1.29 is 4.79 Å². The molecule has 2 unspecified atom stereocenters. The SMILES string of the molecule is CC(N)C1CCCN(CC(=O)Nc2ccc(Cl)c(Cl)c2)C1.Cl. The molecule has 0 spiro atoms. The number of hydrogen-bond acceptors (Lipinski definition) is 3. The Morgan fingerprint density at radius 3 is 2.82 bits per heavy atom. The zero-order valence-electron chi connectivity index (χ0n) is 12.5. The van der Waals surface area contributed by atoms with Gasteiger partial charge in [0.05, 0.1) is 16.6 Å². The molecule has 1 aromatic carbocycles. The van der Waals surface area contributed by atoms with Crippen molar-refractivity contribution in [3.8, 4) is 0 Å². The number of rotatable bonds is 4. The number of carbonyl (C=O) groups excluding carboxylic acids is 1. The van der Waals surface area contributed by atoms with E-state index in [2.05, 4.69) is 10.2 Å². The van der Waals surface area contributed by atoms with Crippen molar-refractivity contribution in [2.75, 3.05) is 25.0 Å². The number of piperidine rings is 1. The van der Waals surface area contributed by atoms with Crippen LogP contribution in [0.25, 0.3) is 0 Å². The molecule has 1 aliphatic heterocycles. The normalized spacial score (nSPS) is 20.1. The van der Waals surface area contributed by atoms with Crippen LogP contribution in [0, 0.1) is 5.92 Å². The van der Waals surface area contributed by atoms with E-state index in [9.17, 15) is 4.79 Å². The van der Waals surface area contributed by atoms with Crippen molar-refractivity contribution in [1.29, 1.82) is 0 Å². The maximum atomic E-state index is 12.1. The molecule has 0 aliphatic carbocycles. The van der Waals surface area contributed by atoms with Crippen molar-refractivity contribution in [3.05, 3.63) is 28.2 Å². The minimum Gasteiger partial charge on any atom is -0.328 e. The third-order valence-electron chi connectivity index (χ3n) is 3.86. The van der Waals surface area contributed by atoms with Gasteiger partial charge in [-0.25, -0.2) is 0 Å². The van der Waals surface area contributed by atoms with Crippen LogP contribution < -0.4 is 11.1 Å². The fraction of sp³-hybridized carbons (Fsp3) is 0.533. The van der Waals surface area contributed by atoms with E-state index in [0.29, 0.717) is 28.2 Å².